The first-order chi connectivity index (χ1) is 11.3. The van der Waals surface area contributed by atoms with E-state index in [1.807, 2.05) is 18.3 Å². The van der Waals surface area contributed by atoms with Gasteiger partial charge in [-0.2, -0.15) is 0 Å². The molecule has 4 nitrogen and oxygen atoms in total. The number of nitrogens with one attached hydrogen (secondary N) is 1. The van der Waals surface area contributed by atoms with Gasteiger partial charge in [-0.1, -0.05) is 6.07 Å². The van der Waals surface area contributed by atoms with Crippen molar-refractivity contribution < 1.29 is 4.79 Å². The lowest BCUT2D eigenvalue weighted by Gasteiger charge is -2.21. The summed E-state index contributed by atoms with van der Waals surface area (Å²) in [6.45, 7) is 4.83. The van der Waals surface area contributed by atoms with Gasteiger partial charge in [-0.3, -0.25) is 4.79 Å². The molecule has 122 valence electrons. The Labute approximate surface area is 141 Å². The normalized spacial score (nSPS) is 24.4. The fourth-order valence-electron chi connectivity index (χ4n) is 3.90. The molecule has 5 heteroatoms. The van der Waals surface area contributed by atoms with E-state index < -0.39 is 0 Å². The molecule has 2 fully saturated rings. The minimum absolute atomic E-state index is 0.194. The molecule has 0 bridgehead atoms. The van der Waals surface area contributed by atoms with Crippen LogP contribution in [0.25, 0.3) is 0 Å². The van der Waals surface area contributed by atoms with Gasteiger partial charge in [0.1, 0.15) is 5.69 Å². The highest BCUT2D eigenvalue weighted by Gasteiger charge is 2.32. The van der Waals surface area contributed by atoms with E-state index in [9.17, 15) is 4.79 Å². The molecule has 0 spiro atoms. The Morgan fingerprint density at radius 3 is 2.65 bits per heavy atom. The third kappa shape index (κ3) is 3.08. The molecule has 0 aromatic carbocycles. The summed E-state index contributed by atoms with van der Waals surface area (Å²) in [6.07, 6.45) is 4.29. The SMILES string of the molecule is O=C(c1cccn1Cc1cccs1)N1CC[C@@H]2CNC[C@@H]2CC1. The smallest absolute Gasteiger partial charge is 0.270 e. The van der Waals surface area contributed by atoms with E-state index in [1.165, 1.54) is 4.88 Å². The fraction of sp³-hybridized carbons (Fsp3) is 0.500. The predicted molar refractivity (Wildman–Crippen MR) is 92.8 cm³/mol. The summed E-state index contributed by atoms with van der Waals surface area (Å²) in [7, 11) is 0. The van der Waals surface area contributed by atoms with E-state index in [0.717, 1.165) is 63.1 Å². The largest absolute Gasteiger partial charge is 0.338 e. The lowest BCUT2D eigenvalue weighted by molar-refractivity contribution is 0.0748. The van der Waals surface area contributed by atoms with Gasteiger partial charge in [0.15, 0.2) is 0 Å². The van der Waals surface area contributed by atoms with Crippen LogP contribution in [0.2, 0.25) is 0 Å². The standard InChI is InChI=1S/C18H23N3OS/c22-18(20-8-5-14-11-19-12-15(14)6-9-20)17-4-1-7-21(17)13-16-3-2-10-23-16/h1-4,7,10,14-15,19H,5-6,8-9,11-13H2/t14-,15+. The third-order valence-electron chi connectivity index (χ3n) is 5.26. The summed E-state index contributed by atoms with van der Waals surface area (Å²) in [4.78, 5) is 16.3. The third-order valence-corrected chi connectivity index (χ3v) is 6.12. The molecule has 2 aliphatic heterocycles. The minimum atomic E-state index is 0.194. The maximum Gasteiger partial charge on any atom is 0.270 e. The van der Waals surface area contributed by atoms with E-state index in [1.54, 1.807) is 11.3 Å². The lowest BCUT2D eigenvalue weighted by Crippen LogP contribution is -2.34. The first-order valence-electron chi connectivity index (χ1n) is 8.49. The second-order valence-electron chi connectivity index (χ2n) is 6.65. The number of thiophene rings is 1. The zero-order chi connectivity index (χ0) is 15.6. The predicted octanol–water partition coefficient (Wildman–Crippen LogP) is 2.67. The van der Waals surface area contributed by atoms with Crippen LogP contribution in [-0.2, 0) is 6.54 Å². The number of nitrogens with zero attached hydrogens (tertiary/aromatic N) is 2. The van der Waals surface area contributed by atoms with E-state index in [-0.39, 0.29) is 5.91 Å². The molecule has 2 aromatic rings. The van der Waals surface area contributed by atoms with Crippen molar-refractivity contribution in [3.63, 3.8) is 0 Å². The molecule has 4 heterocycles. The Morgan fingerprint density at radius 1 is 1.17 bits per heavy atom. The van der Waals surface area contributed by atoms with Crippen LogP contribution in [0.4, 0.5) is 0 Å². The van der Waals surface area contributed by atoms with Crippen molar-refractivity contribution in [1.82, 2.24) is 14.8 Å². The summed E-state index contributed by atoms with van der Waals surface area (Å²) < 4.78 is 2.08. The van der Waals surface area contributed by atoms with Crippen molar-refractivity contribution in [3.05, 3.63) is 46.4 Å². The number of likely N-dealkylation sites (tertiary alicyclic amines) is 1. The van der Waals surface area contributed by atoms with Gasteiger partial charge in [0.2, 0.25) is 0 Å². The monoisotopic (exact) mass is 329 g/mol. The van der Waals surface area contributed by atoms with Crippen molar-refractivity contribution in [2.24, 2.45) is 11.8 Å². The van der Waals surface area contributed by atoms with Crippen molar-refractivity contribution in [3.8, 4) is 0 Å². The molecule has 0 unspecified atom stereocenters. The molecule has 1 N–H and O–H groups in total. The molecule has 1 amide bonds. The van der Waals surface area contributed by atoms with Crippen LogP contribution >= 0.6 is 11.3 Å². The van der Waals surface area contributed by atoms with Crippen LogP contribution in [0.3, 0.4) is 0 Å². The van der Waals surface area contributed by atoms with Gasteiger partial charge in [0.05, 0.1) is 6.54 Å². The van der Waals surface area contributed by atoms with Crippen LogP contribution in [0.1, 0.15) is 28.2 Å². The van der Waals surface area contributed by atoms with E-state index in [0.29, 0.717) is 0 Å². The van der Waals surface area contributed by atoms with Crippen LogP contribution in [0.15, 0.2) is 35.8 Å². The summed E-state index contributed by atoms with van der Waals surface area (Å²) in [5.74, 6) is 1.70. The summed E-state index contributed by atoms with van der Waals surface area (Å²) in [5, 5.41) is 5.58. The van der Waals surface area contributed by atoms with E-state index >= 15 is 0 Å². The summed E-state index contributed by atoms with van der Waals surface area (Å²) in [5.41, 5.74) is 0.823. The lowest BCUT2D eigenvalue weighted by atomic mass is 9.92. The Morgan fingerprint density at radius 2 is 1.96 bits per heavy atom. The molecule has 0 radical (unpaired) electrons. The molecular weight excluding hydrogens is 306 g/mol. The number of carbonyl (C=O) groups is 1. The Balaban J connectivity index is 1.47. The Bertz CT molecular complexity index is 650. The Kier molecular flexibility index (Phi) is 4.23. The van der Waals surface area contributed by atoms with Crippen LogP contribution in [0, 0.1) is 11.8 Å². The molecular formula is C18H23N3OS. The van der Waals surface area contributed by atoms with Crippen LogP contribution in [-0.4, -0.2) is 41.6 Å². The Hall–Kier alpha value is -1.59. The number of fused-ring (bicyclic) bond motifs is 1. The quantitative estimate of drug-likeness (QED) is 0.940. The topological polar surface area (TPSA) is 37.3 Å². The zero-order valence-corrected chi connectivity index (χ0v) is 14.1. The van der Waals surface area contributed by atoms with Gasteiger partial charge >= 0.3 is 0 Å². The second-order valence-corrected chi connectivity index (χ2v) is 7.68. The zero-order valence-electron chi connectivity index (χ0n) is 13.3. The molecule has 23 heavy (non-hydrogen) atoms. The summed E-state index contributed by atoms with van der Waals surface area (Å²) >= 11 is 1.74. The van der Waals surface area contributed by atoms with Gasteiger partial charge in [0, 0.05) is 24.2 Å². The molecule has 0 saturated carbocycles. The highest BCUT2D eigenvalue weighted by atomic mass is 32.1. The van der Waals surface area contributed by atoms with E-state index in [4.69, 9.17) is 0 Å². The molecule has 2 atom stereocenters. The average molecular weight is 329 g/mol. The van der Waals surface area contributed by atoms with Gasteiger partial charge in [0.25, 0.3) is 5.91 Å². The number of aromatic nitrogens is 1. The van der Waals surface area contributed by atoms with Crippen LogP contribution < -0.4 is 5.32 Å². The number of rotatable bonds is 3. The maximum atomic E-state index is 13.0. The number of hydrogen-bond donors (Lipinski definition) is 1. The van der Waals surface area contributed by atoms with Gasteiger partial charge in [-0.25, -0.2) is 0 Å². The average Bonchev–Trinajstić information content (AvgIpc) is 3.28. The second kappa shape index (κ2) is 6.49. The fourth-order valence-corrected chi connectivity index (χ4v) is 4.60. The molecule has 2 aromatic heterocycles. The minimum Gasteiger partial charge on any atom is -0.338 e. The molecule has 0 aliphatic carbocycles. The molecule has 4 rings (SSSR count). The van der Waals surface area contributed by atoms with Crippen molar-refractivity contribution in [2.45, 2.75) is 19.4 Å². The number of carbonyl (C=O) groups excluding carboxylic acids is 1. The van der Waals surface area contributed by atoms with Crippen LogP contribution in [0.5, 0.6) is 0 Å². The number of hydrogen-bond acceptors (Lipinski definition) is 3. The van der Waals surface area contributed by atoms with E-state index in [2.05, 4.69) is 32.3 Å². The first kappa shape index (κ1) is 15.0. The number of amides is 1. The van der Waals surface area contributed by atoms with Crippen molar-refractivity contribution in [1.29, 1.82) is 0 Å². The van der Waals surface area contributed by atoms with Gasteiger partial charge in [-0.05, 0) is 61.3 Å². The van der Waals surface area contributed by atoms with Crippen molar-refractivity contribution in [2.75, 3.05) is 26.2 Å². The summed E-state index contributed by atoms with van der Waals surface area (Å²) in [6, 6.07) is 8.13. The van der Waals surface area contributed by atoms with Crippen molar-refractivity contribution >= 4 is 17.2 Å². The first-order valence-corrected chi connectivity index (χ1v) is 9.37. The molecule has 2 saturated heterocycles. The van der Waals surface area contributed by atoms with Gasteiger partial charge < -0.3 is 14.8 Å². The van der Waals surface area contributed by atoms with Gasteiger partial charge in [-0.15, -0.1) is 11.3 Å². The highest BCUT2D eigenvalue weighted by Crippen LogP contribution is 2.27. The molecule has 2 aliphatic rings. The highest BCUT2D eigenvalue weighted by molar-refractivity contribution is 7.09. The maximum absolute atomic E-state index is 13.0.